The third-order valence-electron chi connectivity index (χ3n) is 4.15. The second-order valence-corrected chi connectivity index (χ2v) is 5.39. The van der Waals surface area contributed by atoms with Crippen molar-refractivity contribution in [2.45, 2.75) is 58.5 Å². The zero-order chi connectivity index (χ0) is 13.0. The molecule has 1 saturated carbocycles. The van der Waals surface area contributed by atoms with Gasteiger partial charge >= 0.3 is 0 Å². The molecule has 2 rings (SSSR count). The first-order valence-electron chi connectivity index (χ1n) is 7.28. The van der Waals surface area contributed by atoms with E-state index in [1.807, 2.05) is 12.1 Å². The van der Waals surface area contributed by atoms with E-state index >= 15 is 0 Å². The van der Waals surface area contributed by atoms with Crippen LogP contribution in [0.3, 0.4) is 0 Å². The Morgan fingerprint density at radius 3 is 2.44 bits per heavy atom. The lowest BCUT2D eigenvalue weighted by Crippen LogP contribution is -2.24. The van der Waals surface area contributed by atoms with E-state index in [0.717, 1.165) is 23.8 Å². The summed E-state index contributed by atoms with van der Waals surface area (Å²) >= 11 is 0. The summed E-state index contributed by atoms with van der Waals surface area (Å²) in [5.74, 6) is 1.77. The van der Waals surface area contributed by atoms with Crippen molar-refractivity contribution in [3.63, 3.8) is 0 Å². The first-order chi connectivity index (χ1) is 8.72. The van der Waals surface area contributed by atoms with Gasteiger partial charge in [-0.05, 0) is 55.7 Å². The predicted molar refractivity (Wildman–Crippen MR) is 76.9 cm³/mol. The van der Waals surface area contributed by atoms with Gasteiger partial charge in [0.25, 0.3) is 0 Å². The fraction of sp³-hybridized carbons (Fsp3) is 0.625. The molecule has 0 bridgehead atoms. The van der Waals surface area contributed by atoms with Crippen LogP contribution in [0.1, 0.15) is 51.5 Å². The van der Waals surface area contributed by atoms with Crippen molar-refractivity contribution in [2.24, 2.45) is 5.92 Å². The van der Waals surface area contributed by atoms with Crippen LogP contribution in [0.15, 0.2) is 18.2 Å². The van der Waals surface area contributed by atoms with Gasteiger partial charge < -0.3 is 10.5 Å². The lowest BCUT2D eigenvalue weighted by molar-refractivity contribution is 0.130. The Morgan fingerprint density at radius 2 is 1.89 bits per heavy atom. The molecule has 0 atom stereocenters. The van der Waals surface area contributed by atoms with Crippen molar-refractivity contribution in [1.82, 2.24) is 0 Å². The quantitative estimate of drug-likeness (QED) is 0.810. The van der Waals surface area contributed by atoms with Crippen molar-refractivity contribution >= 4 is 5.69 Å². The highest BCUT2D eigenvalue weighted by Crippen LogP contribution is 2.31. The first kappa shape index (κ1) is 13.3. The molecule has 2 heteroatoms. The molecule has 2 nitrogen and oxygen atoms in total. The first-order valence-corrected chi connectivity index (χ1v) is 7.28. The number of ether oxygens (including phenoxy) is 1. The average molecular weight is 247 g/mol. The fourth-order valence-corrected chi connectivity index (χ4v) is 2.76. The summed E-state index contributed by atoms with van der Waals surface area (Å²) in [6.07, 6.45) is 7.64. The largest absolute Gasteiger partial charge is 0.488 e. The predicted octanol–water partition coefficient (Wildman–Crippen LogP) is 4.18. The maximum Gasteiger partial charge on any atom is 0.142 e. The van der Waals surface area contributed by atoms with Gasteiger partial charge in [0.1, 0.15) is 5.75 Å². The molecule has 0 radical (unpaired) electrons. The van der Waals surface area contributed by atoms with Crippen LogP contribution < -0.4 is 10.5 Å². The van der Waals surface area contributed by atoms with Crippen molar-refractivity contribution in [2.75, 3.05) is 5.73 Å². The summed E-state index contributed by atoms with van der Waals surface area (Å²) in [6, 6.07) is 6.18. The molecular formula is C16H25NO. The van der Waals surface area contributed by atoms with Gasteiger partial charge in [-0.25, -0.2) is 0 Å². The van der Waals surface area contributed by atoms with E-state index in [2.05, 4.69) is 19.9 Å². The standard InChI is InChI=1S/C16H25NO/c1-3-12-5-8-14(9-6-12)18-16-10-7-13(4-2)11-15(16)17/h7,10-12,14H,3-6,8-9,17H2,1-2H3. The minimum atomic E-state index is 0.363. The van der Waals surface area contributed by atoms with Crippen molar-refractivity contribution in [3.8, 4) is 5.75 Å². The second-order valence-electron chi connectivity index (χ2n) is 5.39. The van der Waals surface area contributed by atoms with E-state index in [1.165, 1.54) is 37.7 Å². The van der Waals surface area contributed by atoms with Crippen LogP contribution in [0.2, 0.25) is 0 Å². The molecule has 100 valence electrons. The highest BCUT2D eigenvalue weighted by Gasteiger charge is 2.21. The number of anilines is 1. The van der Waals surface area contributed by atoms with Gasteiger partial charge in [-0.1, -0.05) is 26.3 Å². The summed E-state index contributed by atoms with van der Waals surface area (Å²) < 4.78 is 6.05. The highest BCUT2D eigenvalue weighted by molar-refractivity contribution is 5.54. The minimum Gasteiger partial charge on any atom is -0.488 e. The number of aryl methyl sites for hydroxylation is 1. The molecule has 1 aliphatic rings. The number of benzene rings is 1. The molecule has 1 aromatic carbocycles. The van der Waals surface area contributed by atoms with Crippen LogP contribution in [0.5, 0.6) is 5.75 Å². The Morgan fingerprint density at radius 1 is 1.17 bits per heavy atom. The van der Waals surface area contributed by atoms with Crippen LogP contribution in [-0.4, -0.2) is 6.10 Å². The van der Waals surface area contributed by atoms with Crippen molar-refractivity contribution in [3.05, 3.63) is 23.8 Å². The summed E-state index contributed by atoms with van der Waals surface area (Å²) in [4.78, 5) is 0. The molecule has 0 spiro atoms. The van der Waals surface area contributed by atoms with Gasteiger partial charge in [-0.3, -0.25) is 0 Å². The van der Waals surface area contributed by atoms with Gasteiger partial charge in [0.2, 0.25) is 0 Å². The molecule has 0 amide bonds. The molecule has 18 heavy (non-hydrogen) atoms. The van der Waals surface area contributed by atoms with E-state index in [1.54, 1.807) is 0 Å². The van der Waals surface area contributed by atoms with E-state index in [0.29, 0.717) is 6.10 Å². The minimum absolute atomic E-state index is 0.363. The van der Waals surface area contributed by atoms with Gasteiger partial charge in [0.15, 0.2) is 0 Å². The van der Waals surface area contributed by atoms with Crippen LogP contribution in [0, 0.1) is 5.92 Å². The monoisotopic (exact) mass is 247 g/mol. The molecule has 0 aromatic heterocycles. The van der Waals surface area contributed by atoms with E-state index in [-0.39, 0.29) is 0 Å². The molecule has 0 aliphatic heterocycles. The number of rotatable bonds is 4. The smallest absolute Gasteiger partial charge is 0.142 e. The van der Waals surface area contributed by atoms with Crippen LogP contribution in [0.25, 0.3) is 0 Å². The number of hydrogen-bond donors (Lipinski definition) is 1. The molecule has 1 aliphatic carbocycles. The van der Waals surface area contributed by atoms with Crippen molar-refractivity contribution in [1.29, 1.82) is 0 Å². The Kier molecular flexibility index (Phi) is 4.51. The molecule has 1 aromatic rings. The SMILES string of the molecule is CCc1ccc(OC2CCC(CC)CC2)c(N)c1. The molecule has 1 fully saturated rings. The number of nitrogen functional groups attached to an aromatic ring is 1. The molecule has 0 heterocycles. The summed E-state index contributed by atoms with van der Waals surface area (Å²) in [6.45, 7) is 4.43. The molecular weight excluding hydrogens is 222 g/mol. The van der Waals surface area contributed by atoms with E-state index in [9.17, 15) is 0 Å². The zero-order valence-electron chi connectivity index (χ0n) is 11.6. The van der Waals surface area contributed by atoms with Gasteiger partial charge in [-0.2, -0.15) is 0 Å². The number of nitrogens with two attached hydrogens (primary N) is 1. The highest BCUT2D eigenvalue weighted by atomic mass is 16.5. The maximum absolute atomic E-state index is 6.05. The molecule has 2 N–H and O–H groups in total. The Bertz CT molecular complexity index is 381. The number of hydrogen-bond acceptors (Lipinski definition) is 2. The Balaban J connectivity index is 1.94. The zero-order valence-corrected chi connectivity index (χ0v) is 11.6. The van der Waals surface area contributed by atoms with E-state index in [4.69, 9.17) is 10.5 Å². The topological polar surface area (TPSA) is 35.2 Å². The summed E-state index contributed by atoms with van der Waals surface area (Å²) in [5, 5.41) is 0. The Labute approximate surface area is 111 Å². The van der Waals surface area contributed by atoms with Gasteiger partial charge in [0.05, 0.1) is 11.8 Å². The third-order valence-corrected chi connectivity index (χ3v) is 4.15. The second kappa shape index (κ2) is 6.12. The van der Waals surface area contributed by atoms with Crippen molar-refractivity contribution < 1.29 is 4.74 Å². The van der Waals surface area contributed by atoms with Crippen LogP contribution in [-0.2, 0) is 6.42 Å². The van der Waals surface area contributed by atoms with Crippen LogP contribution >= 0.6 is 0 Å². The molecule has 0 saturated heterocycles. The van der Waals surface area contributed by atoms with Gasteiger partial charge in [-0.15, -0.1) is 0 Å². The fourth-order valence-electron chi connectivity index (χ4n) is 2.76. The molecule has 0 unspecified atom stereocenters. The van der Waals surface area contributed by atoms with E-state index < -0.39 is 0 Å². The third kappa shape index (κ3) is 3.18. The Hall–Kier alpha value is -1.18. The summed E-state index contributed by atoms with van der Waals surface area (Å²) in [5.41, 5.74) is 8.10. The lowest BCUT2D eigenvalue weighted by atomic mass is 9.86. The maximum atomic E-state index is 6.05. The van der Waals surface area contributed by atoms with Gasteiger partial charge in [0, 0.05) is 0 Å². The summed E-state index contributed by atoms with van der Waals surface area (Å²) in [7, 11) is 0. The lowest BCUT2D eigenvalue weighted by Gasteiger charge is -2.28. The average Bonchev–Trinajstić information content (AvgIpc) is 2.42. The van der Waals surface area contributed by atoms with Crippen LogP contribution in [0.4, 0.5) is 5.69 Å². The normalized spacial score (nSPS) is 23.9.